The van der Waals surface area contributed by atoms with Crippen LogP contribution in [0.4, 0.5) is 10.1 Å². The summed E-state index contributed by atoms with van der Waals surface area (Å²) in [5.41, 5.74) is 1.82. The minimum Gasteiger partial charge on any atom is -0.352 e. The van der Waals surface area contributed by atoms with Gasteiger partial charge in [0.05, 0.1) is 11.9 Å². The number of hydrogen-bond acceptors (Lipinski definition) is 4. The molecule has 2 atom stereocenters. The summed E-state index contributed by atoms with van der Waals surface area (Å²) < 4.78 is 41.1. The fraction of sp³-hybridized carbons (Fsp3) is 0.273. The van der Waals surface area contributed by atoms with Crippen LogP contribution in [0.1, 0.15) is 31.4 Å². The number of anilines is 1. The molecule has 220 valence electrons. The normalized spacial score (nSPS) is 12.9. The molecule has 42 heavy (non-hydrogen) atoms. The van der Waals surface area contributed by atoms with Crippen molar-refractivity contribution in [3.05, 3.63) is 114 Å². The number of sulfonamides is 1. The van der Waals surface area contributed by atoms with Crippen molar-refractivity contribution >= 4 is 38.3 Å². The molecule has 1 N–H and O–H groups in total. The molecular formula is C33H36FN3O4S. The van der Waals surface area contributed by atoms with Gasteiger partial charge in [0.25, 0.3) is 0 Å². The van der Waals surface area contributed by atoms with Crippen LogP contribution in [0, 0.1) is 5.82 Å². The molecule has 9 heteroatoms. The van der Waals surface area contributed by atoms with Gasteiger partial charge in [0.2, 0.25) is 21.8 Å². The summed E-state index contributed by atoms with van der Waals surface area (Å²) >= 11 is 0. The molecule has 0 spiro atoms. The third-order valence-corrected chi connectivity index (χ3v) is 8.38. The van der Waals surface area contributed by atoms with Crippen LogP contribution in [0.25, 0.3) is 10.8 Å². The van der Waals surface area contributed by atoms with Gasteiger partial charge in [0, 0.05) is 24.4 Å². The molecule has 0 heterocycles. The second-order valence-corrected chi connectivity index (χ2v) is 12.3. The number of rotatable bonds is 12. The maximum absolute atomic E-state index is 14.2. The van der Waals surface area contributed by atoms with Crippen LogP contribution in [0.3, 0.4) is 0 Å². The number of hydrogen-bond donors (Lipinski definition) is 1. The largest absolute Gasteiger partial charge is 0.352 e. The lowest BCUT2D eigenvalue weighted by atomic mass is 10.0. The first-order valence-corrected chi connectivity index (χ1v) is 15.7. The fourth-order valence-electron chi connectivity index (χ4n) is 4.80. The SMILES string of the molecule is CC[C@@H](C)NC(=O)[C@@H](Cc1ccccc1)N(Cc1ccc(F)cc1)C(=O)CN(c1cccc2ccccc12)S(C)(=O)=O. The van der Waals surface area contributed by atoms with Gasteiger partial charge in [-0.1, -0.05) is 85.8 Å². The number of nitrogens with zero attached hydrogens (tertiary/aromatic N) is 2. The molecule has 0 fully saturated rings. The highest BCUT2D eigenvalue weighted by Crippen LogP contribution is 2.29. The van der Waals surface area contributed by atoms with Crippen molar-refractivity contribution < 1.29 is 22.4 Å². The van der Waals surface area contributed by atoms with Crippen LogP contribution in [0.5, 0.6) is 0 Å². The summed E-state index contributed by atoms with van der Waals surface area (Å²) in [6.45, 7) is 3.30. The van der Waals surface area contributed by atoms with Gasteiger partial charge < -0.3 is 10.2 Å². The van der Waals surface area contributed by atoms with E-state index in [2.05, 4.69) is 5.32 Å². The molecule has 4 aromatic rings. The van der Waals surface area contributed by atoms with E-state index in [4.69, 9.17) is 0 Å². The molecule has 0 saturated heterocycles. The van der Waals surface area contributed by atoms with E-state index < -0.39 is 34.3 Å². The lowest BCUT2D eigenvalue weighted by Gasteiger charge is -2.34. The van der Waals surface area contributed by atoms with Crippen LogP contribution in [0.15, 0.2) is 97.1 Å². The first kappa shape index (κ1) is 30.7. The summed E-state index contributed by atoms with van der Waals surface area (Å²) in [6, 6.07) is 26.6. The van der Waals surface area contributed by atoms with Gasteiger partial charge in [-0.3, -0.25) is 13.9 Å². The predicted molar refractivity (Wildman–Crippen MR) is 165 cm³/mol. The third-order valence-electron chi connectivity index (χ3n) is 7.25. The van der Waals surface area contributed by atoms with Crippen molar-refractivity contribution in [2.45, 2.75) is 45.3 Å². The Hall–Kier alpha value is -4.24. The molecule has 2 amide bonds. The van der Waals surface area contributed by atoms with Crippen LogP contribution >= 0.6 is 0 Å². The molecule has 4 rings (SSSR count). The Morgan fingerprint density at radius 1 is 0.857 bits per heavy atom. The van der Waals surface area contributed by atoms with E-state index in [9.17, 15) is 22.4 Å². The lowest BCUT2D eigenvalue weighted by Crippen LogP contribution is -2.54. The minimum absolute atomic E-state index is 0.0162. The Morgan fingerprint density at radius 3 is 2.17 bits per heavy atom. The Kier molecular flexibility index (Phi) is 9.96. The third kappa shape index (κ3) is 7.73. The summed E-state index contributed by atoms with van der Waals surface area (Å²) in [7, 11) is -3.91. The van der Waals surface area contributed by atoms with E-state index in [-0.39, 0.29) is 24.9 Å². The standard InChI is InChI=1S/C33H36FN3O4S/c1-4-24(2)35-33(39)31(21-25-11-6-5-7-12-25)36(22-26-17-19-28(34)20-18-26)32(38)23-37(42(3,40)41)30-16-10-14-27-13-8-9-15-29(27)30/h5-20,24,31H,4,21-23H2,1-3H3,(H,35,39)/t24-,31-/m1/s1. The molecule has 0 radical (unpaired) electrons. The van der Waals surface area contributed by atoms with E-state index in [1.165, 1.54) is 17.0 Å². The van der Waals surface area contributed by atoms with E-state index >= 15 is 0 Å². The maximum Gasteiger partial charge on any atom is 0.244 e. The Bertz CT molecular complexity index is 1620. The smallest absolute Gasteiger partial charge is 0.244 e. The van der Waals surface area contributed by atoms with Crippen LogP contribution in [-0.2, 0) is 32.6 Å². The van der Waals surface area contributed by atoms with Crippen molar-refractivity contribution in [1.29, 1.82) is 0 Å². The second-order valence-electron chi connectivity index (χ2n) is 10.4. The summed E-state index contributed by atoms with van der Waals surface area (Å²) in [5.74, 6) is -1.33. The highest BCUT2D eigenvalue weighted by molar-refractivity contribution is 7.92. The average Bonchev–Trinajstić information content (AvgIpc) is 2.98. The first-order chi connectivity index (χ1) is 20.1. The molecule has 0 saturated carbocycles. The first-order valence-electron chi connectivity index (χ1n) is 13.9. The van der Waals surface area contributed by atoms with Gasteiger partial charge in [0.15, 0.2) is 0 Å². The van der Waals surface area contributed by atoms with E-state index in [1.54, 1.807) is 30.3 Å². The van der Waals surface area contributed by atoms with Crippen LogP contribution in [-0.4, -0.2) is 50.0 Å². The summed E-state index contributed by atoms with van der Waals surface area (Å²) in [6.07, 6.45) is 1.96. The van der Waals surface area contributed by atoms with Crippen molar-refractivity contribution in [1.82, 2.24) is 10.2 Å². The van der Waals surface area contributed by atoms with Crippen LogP contribution < -0.4 is 9.62 Å². The molecule has 0 bridgehead atoms. The number of carbonyl (C=O) groups is 2. The van der Waals surface area contributed by atoms with Crippen molar-refractivity contribution in [3.8, 4) is 0 Å². The van der Waals surface area contributed by atoms with Gasteiger partial charge in [-0.2, -0.15) is 0 Å². The maximum atomic E-state index is 14.2. The minimum atomic E-state index is -3.91. The van der Waals surface area contributed by atoms with Crippen molar-refractivity contribution in [2.75, 3.05) is 17.1 Å². The quantitative estimate of drug-likeness (QED) is 0.243. The number of amides is 2. The Labute approximate surface area is 247 Å². The Balaban J connectivity index is 1.78. The van der Waals surface area contributed by atoms with Crippen LogP contribution in [0.2, 0.25) is 0 Å². The molecule has 0 aliphatic heterocycles. The topological polar surface area (TPSA) is 86.8 Å². The number of halogens is 1. The van der Waals surface area contributed by atoms with E-state index in [0.29, 0.717) is 23.1 Å². The highest BCUT2D eigenvalue weighted by atomic mass is 32.2. The zero-order chi connectivity index (χ0) is 30.3. The molecule has 7 nitrogen and oxygen atoms in total. The van der Waals surface area contributed by atoms with Gasteiger partial charge in [-0.15, -0.1) is 0 Å². The molecule has 0 aliphatic carbocycles. The second kappa shape index (κ2) is 13.6. The molecule has 0 aromatic heterocycles. The zero-order valence-corrected chi connectivity index (χ0v) is 24.9. The summed E-state index contributed by atoms with van der Waals surface area (Å²) in [4.78, 5) is 29.4. The number of benzene rings is 4. The molecule has 0 aliphatic rings. The molecular weight excluding hydrogens is 553 g/mol. The summed E-state index contributed by atoms with van der Waals surface area (Å²) in [5, 5.41) is 4.50. The van der Waals surface area contributed by atoms with Crippen molar-refractivity contribution in [2.24, 2.45) is 0 Å². The van der Waals surface area contributed by atoms with Gasteiger partial charge in [-0.05, 0) is 48.1 Å². The van der Waals surface area contributed by atoms with E-state index in [0.717, 1.165) is 21.5 Å². The van der Waals surface area contributed by atoms with Crippen molar-refractivity contribution in [3.63, 3.8) is 0 Å². The molecule has 0 unspecified atom stereocenters. The van der Waals surface area contributed by atoms with Gasteiger partial charge in [0.1, 0.15) is 18.4 Å². The zero-order valence-electron chi connectivity index (χ0n) is 24.0. The van der Waals surface area contributed by atoms with Gasteiger partial charge in [-0.25, -0.2) is 12.8 Å². The monoisotopic (exact) mass is 589 g/mol. The van der Waals surface area contributed by atoms with Gasteiger partial charge >= 0.3 is 0 Å². The fourth-order valence-corrected chi connectivity index (χ4v) is 5.66. The Morgan fingerprint density at radius 2 is 1.50 bits per heavy atom. The lowest BCUT2D eigenvalue weighted by molar-refractivity contribution is -0.140. The number of nitrogens with one attached hydrogen (secondary N) is 1. The average molecular weight is 590 g/mol. The number of carbonyl (C=O) groups excluding carboxylic acids is 2. The highest BCUT2D eigenvalue weighted by Gasteiger charge is 2.33. The predicted octanol–water partition coefficient (Wildman–Crippen LogP) is 5.30. The van der Waals surface area contributed by atoms with E-state index in [1.807, 2.05) is 68.4 Å². The number of fused-ring (bicyclic) bond motifs is 1. The molecule has 4 aromatic carbocycles.